The summed E-state index contributed by atoms with van der Waals surface area (Å²) in [6.45, 7) is 6.86. The van der Waals surface area contributed by atoms with E-state index in [-0.39, 0.29) is 18.6 Å². The van der Waals surface area contributed by atoms with Crippen molar-refractivity contribution in [1.29, 1.82) is 0 Å². The molecule has 5 heteroatoms. The molecule has 1 atom stereocenters. The standard InChI is InChI=1S/C18H27NO4/c1-14-6-7-16(11-15(14)2)23-13-18(20)19-8-4-9-21-12-17-5-3-10-22-17/h6-7,11,17H,3-5,8-10,12-13H2,1-2H3,(H,19,20). The summed E-state index contributed by atoms with van der Waals surface area (Å²) in [6.07, 6.45) is 3.27. The second-order valence-electron chi connectivity index (χ2n) is 5.95. The third kappa shape index (κ3) is 6.59. The van der Waals surface area contributed by atoms with Crippen molar-refractivity contribution < 1.29 is 19.0 Å². The van der Waals surface area contributed by atoms with Gasteiger partial charge in [-0.3, -0.25) is 4.79 Å². The predicted molar refractivity (Wildman–Crippen MR) is 88.8 cm³/mol. The fourth-order valence-electron chi connectivity index (χ4n) is 2.40. The summed E-state index contributed by atoms with van der Waals surface area (Å²) in [7, 11) is 0. The lowest BCUT2D eigenvalue weighted by molar-refractivity contribution is -0.123. The lowest BCUT2D eigenvalue weighted by atomic mass is 10.1. The van der Waals surface area contributed by atoms with Gasteiger partial charge in [0.05, 0.1) is 12.7 Å². The molecule has 1 heterocycles. The van der Waals surface area contributed by atoms with Crippen LogP contribution in [0.25, 0.3) is 0 Å². The van der Waals surface area contributed by atoms with Crippen molar-refractivity contribution in [3.63, 3.8) is 0 Å². The number of carbonyl (C=O) groups excluding carboxylic acids is 1. The maximum Gasteiger partial charge on any atom is 0.257 e. The average Bonchev–Trinajstić information content (AvgIpc) is 3.05. The Kier molecular flexibility index (Phi) is 7.36. The fourth-order valence-corrected chi connectivity index (χ4v) is 2.40. The third-order valence-corrected chi connectivity index (χ3v) is 3.96. The Bertz CT molecular complexity index is 498. The Morgan fingerprint density at radius 3 is 2.96 bits per heavy atom. The molecule has 1 fully saturated rings. The average molecular weight is 321 g/mol. The first kappa shape index (κ1) is 17.8. The molecule has 0 spiro atoms. The number of aryl methyl sites for hydroxylation is 2. The van der Waals surface area contributed by atoms with Gasteiger partial charge in [0.25, 0.3) is 5.91 Å². The maximum atomic E-state index is 11.7. The zero-order chi connectivity index (χ0) is 16.5. The van der Waals surface area contributed by atoms with Crippen LogP contribution in [0.1, 0.15) is 30.4 Å². The first-order valence-electron chi connectivity index (χ1n) is 8.31. The Hall–Kier alpha value is -1.59. The number of hydrogen-bond acceptors (Lipinski definition) is 4. The number of benzene rings is 1. The molecule has 1 aliphatic rings. The first-order chi connectivity index (χ1) is 11.1. The summed E-state index contributed by atoms with van der Waals surface area (Å²) in [5.41, 5.74) is 2.37. The van der Waals surface area contributed by atoms with Crippen LogP contribution in [0.15, 0.2) is 18.2 Å². The third-order valence-electron chi connectivity index (χ3n) is 3.96. The van der Waals surface area contributed by atoms with E-state index in [0.29, 0.717) is 19.8 Å². The van der Waals surface area contributed by atoms with Gasteiger partial charge >= 0.3 is 0 Å². The monoisotopic (exact) mass is 321 g/mol. The first-order valence-corrected chi connectivity index (χ1v) is 8.31. The smallest absolute Gasteiger partial charge is 0.257 e. The minimum atomic E-state index is -0.109. The Morgan fingerprint density at radius 1 is 1.35 bits per heavy atom. The van der Waals surface area contributed by atoms with E-state index in [9.17, 15) is 4.79 Å². The highest BCUT2D eigenvalue weighted by molar-refractivity contribution is 5.77. The Labute approximate surface area is 138 Å². The molecule has 0 radical (unpaired) electrons. The van der Waals surface area contributed by atoms with Crippen LogP contribution < -0.4 is 10.1 Å². The highest BCUT2D eigenvalue weighted by atomic mass is 16.5. The van der Waals surface area contributed by atoms with Crippen LogP contribution in [0.2, 0.25) is 0 Å². The van der Waals surface area contributed by atoms with Crippen LogP contribution in [0.4, 0.5) is 0 Å². The zero-order valence-corrected chi connectivity index (χ0v) is 14.1. The molecule has 5 nitrogen and oxygen atoms in total. The van der Waals surface area contributed by atoms with Crippen molar-refractivity contribution in [2.75, 3.05) is 33.0 Å². The van der Waals surface area contributed by atoms with Crippen LogP contribution in [-0.4, -0.2) is 45.0 Å². The van der Waals surface area contributed by atoms with E-state index in [1.165, 1.54) is 5.56 Å². The number of rotatable bonds is 9. The Morgan fingerprint density at radius 2 is 2.22 bits per heavy atom. The lowest BCUT2D eigenvalue weighted by Crippen LogP contribution is -2.30. The normalized spacial score (nSPS) is 17.2. The van der Waals surface area contributed by atoms with E-state index in [0.717, 1.165) is 37.2 Å². The molecular weight excluding hydrogens is 294 g/mol. The Balaban J connectivity index is 1.50. The zero-order valence-electron chi connectivity index (χ0n) is 14.1. The van der Waals surface area contributed by atoms with E-state index in [4.69, 9.17) is 14.2 Å². The van der Waals surface area contributed by atoms with Crippen molar-refractivity contribution in [3.8, 4) is 5.75 Å². The summed E-state index contributed by atoms with van der Waals surface area (Å²) < 4.78 is 16.5. The molecule has 2 rings (SSSR count). The molecule has 1 aromatic rings. The summed E-state index contributed by atoms with van der Waals surface area (Å²) in [6, 6.07) is 5.82. The second-order valence-corrected chi connectivity index (χ2v) is 5.95. The molecule has 1 saturated heterocycles. The number of hydrogen-bond donors (Lipinski definition) is 1. The number of carbonyl (C=O) groups is 1. The van der Waals surface area contributed by atoms with Gasteiger partial charge in [-0.25, -0.2) is 0 Å². The van der Waals surface area contributed by atoms with Gasteiger partial charge in [0.15, 0.2) is 6.61 Å². The number of nitrogens with one attached hydrogen (secondary N) is 1. The van der Waals surface area contributed by atoms with Gasteiger partial charge in [-0.1, -0.05) is 6.07 Å². The lowest BCUT2D eigenvalue weighted by Gasteiger charge is -2.11. The molecule has 1 unspecified atom stereocenters. The van der Waals surface area contributed by atoms with Crippen LogP contribution in [0.5, 0.6) is 5.75 Å². The van der Waals surface area contributed by atoms with Gasteiger partial charge < -0.3 is 19.5 Å². The summed E-state index contributed by atoms with van der Waals surface area (Å²) >= 11 is 0. The van der Waals surface area contributed by atoms with E-state index in [1.807, 2.05) is 32.0 Å². The van der Waals surface area contributed by atoms with E-state index in [2.05, 4.69) is 5.32 Å². The van der Waals surface area contributed by atoms with Crippen LogP contribution in [0, 0.1) is 13.8 Å². The summed E-state index contributed by atoms with van der Waals surface area (Å²) in [4.78, 5) is 11.7. The van der Waals surface area contributed by atoms with Crippen LogP contribution in [-0.2, 0) is 14.3 Å². The van der Waals surface area contributed by atoms with E-state index < -0.39 is 0 Å². The molecular formula is C18H27NO4. The quantitative estimate of drug-likeness (QED) is 0.710. The van der Waals surface area contributed by atoms with Gasteiger partial charge in [0.2, 0.25) is 0 Å². The molecule has 128 valence electrons. The second kappa shape index (κ2) is 9.53. The molecule has 1 N–H and O–H groups in total. The molecule has 0 aliphatic carbocycles. The van der Waals surface area contributed by atoms with E-state index in [1.54, 1.807) is 0 Å². The highest BCUT2D eigenvalue weighted by Crippen LogP contribution is 2.16. The van der Waals surface area contributed by atoms with Crippen molar-refractivity contribution >= 4 is 5.91 Å². The van der Waals surface area contributed by atoms with Crippen molar-refractivity contribution in [2.24, 2.45) is 0 Å². The van der Waals surface area contributed by atoms with Gasteiger partial charge in [0.1, 0.15) is 5.75 Å². The fraction of sp³-hybridized carbons (Fsp3) is 0.611. The molecule has 1 amide bonds. The minimum Gasteiger partial charge on any atom is -0.484 e. The van der Waals surface area contributed by atoms with E-state index >= 15 is 0 Å². The van der Waals surface area contributed by atoms with Gasteiger partial charge in [-0.2, -0.15) is 0 Å². The molecule has 23 heavy (non-hydrogen) atoms. The van der Waals surface area contributed by atoms with Gasteiger partial charge in [0, 0.05) is 19.8 Å². The van der Waals surface area contributed by atoms with Crippen molar-refractivity contribution in [2.45, 2.75) is 39.2 Å². The largest absolute Gasteiger partial charge is 0.484 e. The molecule has 0 bridgehead atoms. The van der Waals surface area contributed by atoms with Crippen LogP contribution >= 0.6 is 0 Å². The minimum absolute atomic E-state index is 0.0409. The molecule has 1 aromatic carbocycles. The highest BCUT2D eigenvalue weighted by Gasteiger charge is 2.14. The molecule has 1 aliphatic heterocycles. The SMILES string of the molecule is Cc1ccc(OCC(=O)NCCCOCC2CCCO2)cc1C. The van der Waals surface area contributed by atoms with Crippen molar-refractivity contribution in [3.05, 3.63) is 29.3 Å². The van der Waals surface area contributed by atoms with Gasteiger partial charge in [-0.15, -0.1) is 0 Å². The molecule has 0 aromatic heterocycles. The summed E-state index contributed by atoms with van der Waals surface area (Å²) in [5, 5.41) is 2.83. The summed E-state index contributed by atoms with van der Waals surface area (Å²) in [5.74, 6) is 0.616. The van der Waals surface area contributed by atoms with Gasteiger partial charge in [-0.05, 0) is 56.4 Å². The number of ether oxygens (including phenoxy) is 3. The topological polar surface area (TPSA) is 56.8 Å². The number of amides is 1. The predicted octanol–water partition coefficient (Wildman–Crippen LogP) is 2.38. The van der Waals surface area contributed by atoms with Crippen LogP contribution in [0.3, 0.4) is 0 Å². The maximum absolute atomic E-state index is 11.7. The molecule has 0 saturated carbocycles. The van der Waals surface area contributed by atoms with Crippen molar-refractivity contribution in [1.82, 2.24) is 5.32 Å².